The minimum Gasteiger partial charge on any atom is -0.369 e. The predicted octanol–water partition coefficient (Wildman–Crippen LogP) is 3.70. The zero-order chi connectivity index (χ0) is 24.0. The molecule has 182 valence electrons. The molecule has 1 aliphatic carbocycles. The topological polar surface area (TPSA) is 82.5 Å². The van der Waals surface area contributed by atoms with E-state index >= 15 is 0 Å². The van der Waals surface area contributed by atoms with E-state index in [1.807, 2.05) is 29.0 Å². The molecule has 2 heterocycles. The summed E-state index contributed by atoms with van der Waals surface area (Å²) in [4.78, 5) is 34.1. The van der Waals surface area contributed by atoms with E-state index in [1.54, 1.807) is 36.8 Å². The number of aromatic nitrogens is 2. The van der Waals surface area contributed by atoms with Crippen molar-refractivity contribution in [1.82, 2.24) is 14.5 Å². The molecule has 5 rings (SSSR count). The molecule has 35 heavy (non-hydrogen) atoms. The minimum absolute atomic E-state index is 0.110. The highest BCUT2D eigenvalue weighted by Crippen LogP contribution is 2.30. The quantitative estimate of drug-likeness (QED) is 0.496. The van der Waals surface area contributed by atoms with Gasteiger partial charge in [0.1, 0.15) is 0 Å². The number of benzene rings is 2. The predicted molar refractivity (Wildman–Crippen MR) is 138 cm³/mol. The van der Waals surface area contributed by atoms with Crippen molar-refractivity contribution in [2.75, 3.05) is 48.3 Å². The second-order valence-corrected chi connectivity index (χ2v) is 9.41. The summed E-state index contributed by atoms with van der Waals surface area (Å²) in [5.41, 5.74) is 3.00. The van der Waals surface area contributed by atoms with E-state index in [1.165, 1.54) is 19.4 Å². The normalized spacial score (nSPS) is 16.2. The standard InChI is InChI=1S/C27H32N6O2/c34-26(9-11-32-12-10-28-20-32)29-23-4-1-3-22(17-23)27(35)30-24-5-2-6-25(18-24)33-15-13-31(14-16-33)19-21-7-8-21/h1-6,10,12,17-18,20-21H,7-9,11,13-16,19H2,(H,29,34)(H,30,35). The van der Waals surface area contributed by atoms with Crippen LogP contribution in [0.3, 0.4) is 0 Å². The van der Waals surface area contributed by atoms with E-state index in [0.29, 0.717) is 24.2 Å². The van der Waals surface area contributed by atoms with Gasteiger partial charge in [-0.25, -0.2) is 4.98 Å². The summed E-state index contributed by atoms with van der Waals surface area (Å²) in [5, 5.41) is 5.88. The highest BCUT2D eigenvalue weighted by Gasteiger charge is 2.26. The van der Waals surface area contributed by atoms with E-state index < -0.39 is 0 Å². The van der Waals surface area contributed by atoms with Crippen molar-refractivity contribution < 1.29 is 9.59 Å². The van der Waals surface area contributed by atoms with Gasteiger partial charge < -0.3 is 20.1 Å². The van der Waals surface area contributed by atoms with Crippen LogP contribution in [0.5, 0.6) is 0 Å². The first-order valence-electron chi connectivity index (χ1n) is 12.4. The number of rotatable bonds is 9. The Morgan fingerprint density at radius 2 is 1.71 bits per heavy atom. The summed E-state index contributed by atoms with van der Waals surface area (Å²) in [7, 11) is 0. The van der Waals surface area contributed by atoms with Gasteiger partial charge in [0.2, 0.25) is 5.91 Å². The van der Waals surface area contributed by atoms with Gasteiger partial charge in [-0.05, 0) is 55.2 Å². The number of amides is 2. The van der Waals surface area contributed by atoms with Crippen LogP contribution >= 0.6 is 0 Å². The van der Waals surface area contributed by atoms with Gasteiger partial charge in [0.25, 0.3) is 5.91 Å². The van der Waals surface area contributed by atoms with Gasteiger partial charge in [-0.3, -0.25) is 14.5 Å². The number of hydrogen-bond donors (Lipinski definition) is 2. The molecule has 3 aromatic rings. The molecule has 1 saturated carbocycles. The lowest BCUT2D eigenvalue weighted by Crippen LogP contribution is -2.47. The molecule has 8 heteroatoms. The van der Waals surface area contributed by atoms with Gasteiger partial charge >= 0.3 is 0 Å². The third-order valence-corrected chi connectivity index (χ3v) is 6.62. The van der Waals surface area contributed by atoms with Crippen molar-refractivity contribution in [2.45, 2.75) is 25.8 Å². The molecule has 2 amide bonds. The number of carbonyl (C=O) groups is 2. The van der Waals surface area contributed by atoms with Crippen LogP contribution in [0, 0.1) is 5.92 Å². The summed E-state index contributed by atoms with van der Waals surface area (Å²) in [6.45, 7) is 5.99. The van der Waals surface area contributed by atoms with E-state index in [-0.39, 0.29) is 11.8 Å². The fourth-order valence-corrected chi connectivity index (χ4v) is 4.45. The average Bonchev–Trinajstić information content (AvgIpc) is 3.53. The van der Waals surface area contributed by atoms with Gasteiger partial charge in [-0.1, -0.05) is 12.1 Å². The SMILES string of the molecule is O=C(CCn1ccnc1)Nc1cccc(C(=O)Nc2cccc(N3CCN(CC4CC4)CC3)c2)c1. The van der Waals surface area contributed by atoms with E-state index in [9.17, 15) is 9.59 Å². The lowest BCUT2D eigenvalue weighted by atomic mass is 10.1. The van der Waals surface area contributed by atoms with Crippen molar-refractivity contribution in [2.24, 2.45) is 5.92 Å². The molecule has 8 nitrogen and oxygen atoms in total. The number of piperazine rings is 1. The zero-order valence-electron chi connectivity index (χ0n) is 19.9. The molecule has 0 radical (unpaired) electrons. The van der Waals surface area contributed by atoms with Crippen LogP contribution in [0.25, 0.3) is 0 Å². The fraction of sp³-hybridized carbons (Fsp3) is 0.370. The fourth-order valence-electron chi connectivity index (χ4n) is 4.45. The Morgan fingerprint density at radius 1 is 0.943 bits per heavy atom. The molecule has 0 spiro atoms. The number of anilines is 3. The Kier molecular flexibility index (Phi) is 7.09. The maximum absolute atomic E-state index is 12.9. The molecule has 2 fully saturated rings. The van der Waals surface area contributed by atoms with Gasteiger partial charge in [-0.15, -0.1) is 0 Å². The Balaban J connectivity index is 1.15. The van der Waals surface area contributed by atoms with Crippen LogP contribution < -0.4 is 15.5 Å². The molecule has 1 saturated heterocycles. The Hall–Kier alpha value is -3.65. The number of imidazole rings is 1. The molecule has 1 aromatic heterocycles. The zero-order valence-corrected chi connectivity index (χ0v) is 19.9. The Labute approximate surface area is 205 Å². The van der Waals surface area contributed by atoms with Crippen LogP contribution in [0.2, 0.25) is 0 Å². The minimum atomic E-state index is -0.203. The van der Waals surface area contributed by atoms with E-state index in [4.69, 9.17) is 0 Å². The molecule has 0 atom stereocenters. The van der Waals surface area contributed by atoms with Gasteiger partial charge in [0.15, 0.2) is 0 Å². The third-order valence-electron chi connectivity index (χ3n) is 6.62. The molecule has 2 aromatic carbocycles. The van der Waals surface area contributed by atoms with E-state index in [2.05, 4.69) is 31.5 Å². The maximum Gasteiger partial charge on any atom is 0.255 e. The van der Waals surface area contributed by atoms with Crippen molar-refractivity contribution >= 4 is 28.9 Å². The Bertz CT molecular complexity index is 1150. The second kappa shape index (κ2) is 10.7. The number of carbonyl (C=O) groups excluding carboxylic acids is 2. The van der Waals surface area contributed by atoms with Crippen LogP contribution in [-0.2, 0) is 11.3 Å². The van der Waals surface area contributed by atoms with Gasteiger partial charge in [0, 0.05) is 80.7 Å². The number of nitrogens with one attached hydrogen (secondary N) is 2. The maximum atomic E-state index is 12.9. The molecule has 1 aliphatic heterocycles. The smallest absolute Gasteiger partial charge is 0.255 e. The van der Waals surface area contributed by atoms with Crippen LogP contribution in [0.1, 0.15) is 29.6 Å². The summed E-state index contributed by atoms with van der Waals surface area (Å²) < 4.78 is 1.85. The lowest BCUT2D eigenvalue weighted by Gasteiger charge is -2.36. The summed E-state index contributed by atoms with van der Waals surface area (Å²) >= 11 is 0. The van der Waals surface area contributed by atoms with Crippen molar-refractivity contribution in [3.05, 3.63) is 72.8 Å². The molecule has 0 bridgehead atoms. The second-order valence-electron chi connectivity index (χ2n) is 9.41. The summed E-state index contributed by atoms with van der Waals surface area (Å²) in [6.07, 6.45) is 8.30. The summed E-state index contributed by atoms with van der Waals surface area (Å²) in [6, 6.07) is 15.0. The van der Waals surface area contributed by atoms with Gasteiger partial charge in [-0.2, -0.15) is 0 Å². The average molecular weight is 473 g/mol. The first-order valence-corrected chi connectivity index (χ1v) is 12.4. The molecule has 2 N–H and O–H groups in total. The number of hydrogen-bond acceptors (Lipinski definition) is 5. The lowest BCUT2D eigenvalue weighted by molar-refractivity contribution is -0.116. The number of aryl methyl sites for hydroxylation is 1. The summed E-state index contributed by atoms with van der Waals surface area (Å²) in [5.74, 6) is 0.612. The van der Waals surface area contributed by atoms with Crippen molar-refractivity contribution in [3.63, 3.8) is 0 Å². The largest absolute Gasteiger partial charge is 0.369 e. The molecular formula is C27H32N6O2. The number of nitrogens with zero attached hydrogens (tertiary/aromatic N) is 4. The van der Waals surface area contributed by atoms with E-state index in [0.717, 1.165) is 43.5 Å². The van der Waals surface area contributed by atoms with Crippen LogP contribution in [0.4, 0.5) is 17.1 Å². The molecule has 0 unspecified atom stereocenters. The first-order chi connectivity index (χ1) is 17.1. The third kappa shape index (κ3) is 6.48. The molecular weight excluding hydrogens is 440 g/mol. The van der Waals surface area contributed by atoms with Crippen LogP contribution in [0.15, 0.2) is 67.3 Å². The van der Waals surface area contributed by atoms with Crippen molar-refractivity contribution in [1.29, 1.82) is 0 Å². The van der Waals surface area contributed by atoms with Crippen LogP contribution in [-0.4, -0.2) is 59.0 Å². The Morgan fingerprint density at radius 3 is 2.46 bits per heavy atom. The van der Waals surface area contributed by atoms with Gasteiger partial charge in [0.05, 0.1) is 6.33 Å². The monoisotopic (exact) mass is 472 g/mol. The highest BCUT2D eigenvalue weighted by molar-refractivity contribution is 6.05. The first kappa shape index (κ1) is 23.1. The highest BCUT2D eigenvalue weighted by atomic mass is 16.2. The van der Waals surface area contributed by atoms with Crippen molar-refractivity contribution in [3.8, 4) is 0 Å². The molecule has 2 aliphatic rings.